The number of hydrogen-bond donors (Lipinski definition) is 0. The minimum absolute atomic E-state index is 0.0882. The number of fused-ring (bicyclic) bond motifs is 1. The Labute approximate surface area is 202 Å². The molecule has 0 saturated carbocycles. The van der Waals surface area contributed by atoms with Crippen molar-refractivity contribution in [3.8, 4) is 11.5 Å². The first-order valence-corrected chi connectivity index (χ1v) is 12.1. The van der Waals surface area contributed by atoms with Gasteiger partial charge in [-0.05, 0) is 36.1 Å². The zero-order chi connectivity index (χ0) is 24.4. The molecule has 0 spiro atoms. The van der Waals surface area contributed by atoms with Gasteiger partial charge in [-0.3, -0.25) is 9.59 Å². The van der Waals surface area contributed by atoms with Gasteiger partial charge in [0, 0.05) is 43.7 Å². The number of ether oxygens (including phenoxy) is 3. The molecule has 0 bridgehead atoms. The Morgan fingerprint density at radius 1 is 1.06 bits per heavy atom. The van der Waals surface area contributed by atoms with Crippen molar-refractivity contribution in [1.82, 2.24) is 14.7 Å². The van der Waals surface area contributed by atoms with E-state index in [-0.39, 0.29) is 17.9 Å². The van der Waals surface area contributed by atoms with Gasteiger partial charge in [-0.1, -0.05) is 6.07 Å². The molecule has 0 N–H and O–H groups in total. The second-order valence-electron chi connectivity index (χ2n) is 8.16. The fourth-order valence-electron chi connectivity index (χ4n) is 4.65. The average molecular weight is 488 g/mol. The second-order valence-corrected chi connectivity index (χ2v) is 9.14. The number of carbonyl (C=O) groups is 3. The first-order chi connectivity index (χ1) is 16.4. The van der Waals surface area contributed by atoms with E-state index in [0.29, 0.717) is 55.4 Å². The standard InChI is InChI=1S/C24H29N3O6S/c1-5-33-24(30)27-10-8-26(9-11-27)23(29)20-15-13-17(31-3)18(32-4)14-16(15)22(28)25(2)21(20)19-7-6-12-34-19/h6-7,12-14,20-21H,5,8-11H2,1-4H3/t20-,21-/m1/s1. The van der Waals surface area contributed by atoms with Gasteiger partial charge >= 0.3 is 6.09 Å². The lowest BCUT2D eigenvalue weighted by molar-refractivity contribution is -0.136. The van der Waals surface area contributed by atoms with Crippen LogP contribution in [0.15, 0.2) is 29.6 Å². The zero-order valence-electron chi connectivity index (χ0n) is 19.8. The molecule has 9 nitrogen and oxygen atoms in total. The Hall–Kier alpha value is -3.27. The van der Waals surface area contributed by atoms with E-state index < -0.39 is 12.0 Å². The van der Waals surface area contributed by atoms with Crippen LogP contribution in [0, 0.1) is 0 Å². The molecule has 3 amide bonds. The SMILES string of the molecule is CCOC(=O)N1CCN(C(=O)[C@@H]2c3cc(OC)c(OC)cc3C(=O)N(C)[C@@H]2c2cccs2)CC1. The molecular formula is C24H29N3O6S. The molecule has 1 saturated heterocycles. The van der Waals surface area contributed by atoms with E-state index in [9.17, 15) is 14.4 Å². The van der Waals surface area contributed by atoms with Gasteiger partial charge in [0.1, 0.15) is 0 Å². The summed E-state index contributed by atoms with van der Waals surface area (Å²) in [5.74, 6) is 0.0193. The number of likely N-dealkylation sites (N-methyl/N-ethyl adjacent to an activating group) is 1. The Morgan fingerprint density at radius 2 is 1.71 bits per heavy atom. The third kappa shape index (κ3) is 4.18. The molecule has 34 heavy (non-hydrogen) atoms. The third-order valence-corrected chi connectivity index (χ3v) is 7.34. The van der Waals surface area contributed by atoms with Crippen molar-refractivity contribution in [2.24, 2.45) is 0 Å². The van der Waals surface area contributed by atoms with Gasteiger partial charge in [-0.25, -0.2) is 4.79 Å². The molecule has 1 aromatic carbocycles. The van der Waals surface area contributed by atoms with Gasteiger partial charge in [-0.15, -0.1) is 11.3 Å². The molecule has 10 heteroatoms. The summed E-state index contributed by atoms with van der Waals surface area (Å²) in [6.45, 7) is 3.66. The number of benzene rings is 1. The summed E-state index contributed by atoms with van der Waals surface area (Å²) in [6, 6.07) is 6.81. The van der Waals surface area contributed by atoms with Crippen molar-refractivity contribution < 1.29 is 28.6 Å². The number of amides is 3. The molecule has 2 aliphatic rings. The van der Waals surface area contributed by atoms with Gasteiger partial charge in [0.25, 0.3) is 5.91 Å². The Balaban J connectivity index is 1.72. The van der Waals surface area contributed by atoms with Crippen LogP contribution in [0.25, 0.3) is 0 Å². The van der Waals surface area contributed by atoms with E-state index in [1.54, 1.807) is 40.8 Å². The van der Waals surface area contributed by atoms with Gasteiger partial charge in [0.2, 0.25) is 5.91 Å². The maximum absolute atomic E-state index is 14.0. The normalized spacial score (nSPS) is 20.1. The molecule has 182 valence electrons. The molecule has 0 radical (unpaired) electrons. The van der Waals surface area contributed by atoms with Crippen molar-refractivity contribution in [3.05, 3.63) is 45.6 Å². The average Bonchev–Trinajstić information content (AvgIpc) is 3.39. The van der Waals surface area contributed by atoms with Crippen LogP contribution in [-0.4, -0.2) is 86.7 Å². The van der Waals surface area contributed by atoms with Crippen LogP contribution >= 0.6 is 11.3 Å². The van der Waals surface area contributed by atoms with Gasteiger partial charge < -0.3 is 28.9 Å². The smallest absolute Gasteiger partial charge is 0.409 e. The lowest BCUT2D eigenvalue weighted by atomic mass is 9.81. The number of piperazine rings is 1. The van der Waals surface area contributed by atoms with E-state index in [2.05, 4.69) is 0 Å². The zero-order valence-corrected chi connectivity index (χ0v) is 20.6. The van der Waals surface area contributed by atoms with E-state index in [1.165, 1.54) is 25.6 Å². The van der Waals surface area contributed by atoms with E-state index >= 15 is 0 Å². The minimum atomic E-state index is -0.620. The monoisotopic (exact) mass is 487 g/mol. The molecule has 1 fully saturated rings. The number of hydrogen-bond acceptors (Lipinski definition) is 7. The highest BCUT2D eigenvalue weighted by atomic mass is 32.1. The highest BCUT2D eigenvalue weighted by Crippen LogP contribution is 2.47. The van der Waals surface area contributed by atoms with Crippen LogP contribution in [-0.2, 0) is 9.53 Å². The van der Waals surface area contributed by atoms with Gasteiger partial charge in [0.05, 0.1) is 32.8 Å². The largest absolute Gasteiger partial charge is 0.493 e. The Kier molecular flexibility index (Phi) is 6.97. The Bertz CT molecular complexity index is 1060. The summed E-state index contributed by atoms with van der Waals surface area (Å²) in [5, 5.41) is 1.94. The molecule has 0 unspecified atom stereocenters. The molecule has 2 aliphatic heterocycles. The summed E-state index contributed by atoms with van der Waals surface area (Å²) in [4.78, 5) is 45.4. The van der Waals surface area contributed by atoms with Crippen molar-refractivity contribution in [2.75, 3.05) is 54.1 Å². The number of thiophene rings is 1. The maximum atomic E-state index is 14.0. The molecule has 1 aromatic heterocycles. The molecule has 4 rings (SSSR count). The summed E-state index contributed by atoms with van der Waals surface area (Å²) in [6.07, 6.45) is -0.365. The molecule has 2 aromatic rings. The number of rotatable bonds is 5. The fourth-order valence-corrected chi connectivity index (χ4v) is 5.56. The van der Waals surface area contributed by atoms with Crippen LogP contribution in [0.5, 0.6) is 11.5 Å². The highest BCUT2D eigenvalue weighted by molar-refractivity contribution is 7.10. The second kappa shape index (κ2) is 9.92. The third-order valence-electron chi connectivity index (χ3n) is 6.39. The van der Waals surface area contributed by atoms with Gasteiger partial charge in [0.15, 0.2) is 11.5 Å². The quantitative estimate of drug-likeness (QED) is 0.644. The predicted octanol–water partition coefficient (Wildman–Crippen LogP) is 2.98. The van der Waals surface area contributed by atoms with Crippen LogP contribution in [0.3, 0.4) is 0 Å². The lowest BCUT2D eigenvalue weighted by Crippen LogP contribution is -2.54. The lowest BCUT2D eigenvalue weighted by Gasteiger charge is -2.42. The summed E-state index contributed by atoms with van der Waals surface area (Å²) in [5.41, 5.74) is 1.05. The molecular weight excluding hydrogens is 458 g/mol. The highest BCUT2D eigenvalue weighted by Gasteiger charge is 2.45. The number of nitrogens with zero attached hydrogens (tertiary/aromatic N) is 3. The van der Waals surface area contributed by atoms with E-state index in [4.69, 9.17) is 14.2 Å². The summed E-state index contributed by atoms with van der Waals surface area (Å²) in [7, 11) is 4.77. The van der Waals surface area contributed by atoms with Crippen molar-refractivity contribution in [3.63, 3.8) is 0 Å². The van der Waals surface area contributed by atoms with Crippen molar-refractivity contribution in [2.45, 2.75) is 18.9 Å². The van der Waals surface area contributed by atoms with Gasteiger partial charge in [-0.2, -0.15) is 0 Å². The summed E-state index contributed by atoms with van der Waals surface area (Å²) < 4.78 is 16.0. The van der Waals surface area contributed by atoms with E-state index in [1.807, 2.05) is 17.5 Å². The first-order valence-electron chi connectivity index (χ1n) is 11.2. The predicted molar refractivity (Wildman–Crippen MR) is 127 cm³/mol. The minimum Gasteiger partial charge on any atom is -0.493 e. The molecule has 0 aliphatic carbocycles. The van der Waals surface area contributed by atoms with Crippen LogP contribution in [0.4, 0.5) is 4.79 Å². The van der Waals surface area contributed by atoms with Crippen molar-refractivity contribution in [1.29, 1.82) is 0 Å². The fraction of sp³-hybridized carbons (Fsp3) is 0.458. The van der Waals surface area contributed by atoms with Crippen molar-refractivity contribution >= 4 is 29.2 Å². The molecule has 2 atom stereocenters. The van der Waals surface area contributed by atoms with Crippen LogP contribution in [0.2, 0.25) is 0 Å². The first kappa shape index (κ1) is 23.9. The number of carbonyl (C=O) groups excluding carboxylic acids is 3. The molecule has 3 heterocycles. The maximum Gasteiger partial charge on any atom is 0.409 e. The Morgan fingerprint density at radius 3 is 2.29 bits per heavy atom. The van der Waals surface area contributed by atoms with Crippen LogP contribution < -0.4 is 9.47 Å². The summed E-state index contributed by atoms with van der Waals surface area (Å²) >= 11 is 1.52. The topological polar surface area (TPSA) is 88.6 Å². The van der Waals surface area contributed by atoms with E-state index in [0.717, 1.165) is 4.88 Å². The van der Waals surface area contributed by atoms with Crippen LogP contribution in [0.1, 0.15) is 39.7 Å². The number of methoxy groups -OCH3 is 2.